The summed E-state index contributed by atoms with van der Waals surface area (Å²) in [5.74, 6) is 0.229. The van der Waals surface area contributed by atoms with Crippen LogP contribution in [-0.4, -0.2) is 20.8 Å². The lowest BCUT2D eigenvalue weighted by Crippen LogP contribution is -2.25. The fraction of sp³-hybridized carbons (Fsp3) is 0.571. The van der Waals surface area contributed by atoms with Crippen molar-refractivity contribution in [3.63, 3.8) is 0 Å². The minimum Gasteiger partial charge on any atom is -0.385 e. The SMILES string of the molecule is CNC(c1cccc(C)c1F)C(C)CCOC. The van der Waals surface area contributed by atoms with Crippen LogP contribution in [0.1, 0.15) is 30.5 Å². The second-order valence-electron chi connectivity index (χ2n) is 4.50. The zero-order chi connectivity index (χ0) is 12.8. The normalized spacial score (nSPS) is 14.6. The van der Waals surface area contributed by atoms with Crippen molar-refractivity contribution in [3.8, 4) is 0 Å². The maximum absolute atomic E-state index is 14.1. The highest BCUT2D eigenvalue weighted by Gasteiger charge is 2.21. The fourth-order valence-electron chi connectivity index (χ4n) is 2.13. The summed E-state index contributed by atoms with van der Waals surface area (Å²) in [6, 6.07) is 5.59. The predicted molar refractivity (Wildman–Crippen MR) is 68.6 cm³/mol. The molecule has 2 unspecified atom stereocenters. The van der Waals surface area contributed by atoms with Crippen LogP contribution in [0.2, 0.25) is 0 Å². The van der Waals surface area contributed by atoms with Crippen LogP contribution in [0.5, 0.6) is 0 Å². The lowest BCUT2D eigenvalue weighted by molar-refractivity contribution is 0.171. The lowest BCUT2D eigenvalue weighted by atomic mass is 9.91. The quantitative estimate of drug-likeness (QED) is 0.823. The Bertz CT molecular complexity index is 354. The van der Waals surface area contributed by atoms with E-state index in [4.69, 9.17) is 4.74 Å². The van der Waals surface area contributed by atoms with Crippen molar-refractivity contribution in [2.24, 2.45) is 5.92 Å². The van der Waals surface area contributed by atoms with Gasteiger partial charge in [-0.15, -0.1) is 0 Å². The third-order valence-corrected chi connectivity index (χ3v) is 3.21. The van der Waals surface area contributed by atoms with Crippen molar-refractivity contribution < 1.29 is 9.13 Å². The molecule has 0 spiro atoms. The molecule has 0 saturated heterocycles. The Morgan fingerprint density at radius 2 is 2.12 bits per heavy atom. The minimum absolute atomic E-state index is 0.0325. The molecule has 0 amide bonds. The predicted octanol–water partition coefficient (Wildman–Crippen LogP) is 3.07. The molecule has 0 fully saturated rings. The standard InChI is InChI=1S/C14H22FNO/c1-10-6-5-7-12(13(10)15)14(16-3)11(2)8-9-17-4/h5-7,11,14,16H,8-9H2,1-4H3. The summed E-state index contributed by atoms with van der Waals surface area (Å²) in [6.45, 7) is 4.61. The number of hydrogen-bond acceptors (Lipinski definition) is 2. The first-order chi connectivity index (χ1) is 8.11. The summed E-state index contributed by atoms with van der Waals surface area (Å²) in [7, 11) is 3.56. The molecular weight excluding hydrogens is 217 g/mol. The van der Waals surface area contributed by atoms with Gasteiger partial charge in [-0.3, -0.25) is 0 Å². The van der Waals surface area contributed by atoms with Crippen LogP contribution in [0.4, 0.5) is 4.39 Å². The van der Waals surface area contributed by atoms with Crippen molar-refractivity contribution in [2.45, 2.75) is 26.3 Å². The summed E-state index contributed by atoms with van der Waals surface area (Å²) >= 11 is 0. The zero-order valence-electron chi connectivity index (χ0n) is 11.1. The summed E-state index contributed by atoms with van der Waals surface area (Å²) in [5, 5.41) is 3.20. The molecule has 0 heterocycles. The highest BCUT2D eigenvalue weighted by Crippen LogP contribution is 2.27. The molecule has 1 rings (SSSR count). The number of hydrogen-bond donors (Lipinski definition) is 1. The van der Waals surface area contributed by atoms with E-state index in [1.165, 1.54) is 0 Å². The monoisotopic (exact) mass is 239 g/mol. The van der Waals surface area contributed by atoms with E-state index in [-0.39, 0.29) is 11.9 Å². The molecule has 0 aliphatic rings. The molecule has 0 saturated carbocycles. The number of rotatable bonds is 6. The summed E-state index contributed by atoms with van der Waals surface area (Å²) < 4.78 is 19.1. The van der Waals surface area contributed by atoms with Crippen LogP contribution >= 0.6 is 0 Å². The Labute approximate surface area is 103 Å². The van der Waals surface area contributed by atoms with Gasteiger partial charge in [0.25, 0.3) is 0 Å². The van der Waals surface area contributed by atoms with E-state index >= 15 is 0 Å². The Morgan fingerprint density at radius 3 is 2.71 bits per heavy atom. The van der Waals surface area contributed by atoms with Crippen molar-refractivity contribution >= 4 is 0 Å². The largest absolute Gasteiger partial charge is 0.385 e. The van der Waals surface area contributed by atoms with E-state index in [0.717, 1.165) is 12.0 Å². The third-order valence-electron chi connectivity index (χ3n) is 3.21. The summed E-state index contributed by atoms with van der Waals surface area (Å²) in [6.07, 6.45) is 0.912. The van der Waals surface area contributed by atoms with Gasteiger partial charge in [0, 0.05) is 25.3 Å². The third kappa shape index (κ3) is 3.51. The second kappa shape index (κ2) is 6.72. The number of methoxy groups -OCH3 is 1. The Kier molecular flexibility index (Phi) is 5.59. The molecule has 1 N–H and O–H groups in total. The van der Waals surface area contributed by atoms with Gasteiger partial charge in [0.2, 0.25) is 0 Å². The first kappa shape index (κ1) is 14.1. The maximum Gasteiger partial charge on any atom is 0.130 e. The van der Waals surface area contributed by atoms with Crippen LogP contribution in [0.25, 0.3) is 0 Å². The van der Waals surface area contributed by atoms with Gasteiger partial charge in [-0.1, -0.05) is 25.1 Å². The van der Waals surface area contributed by atoms with Gasteiger partial charge in [0.15, 0.2) is 0 Å². The van der Waals surface area contributed by atoms with Crippen LogP contribution in [-0.2, 0) is 4.74 Å². The van der Waals surface area contributed by atoms with E-state index < -0.39 is 0 Å². The first-order valence-electron chi connectivity index (χ1n) is 6.03. The Balaban J connectivity index is 2.89. The average molecular weight is 239 g/mol. The number of nitrogens with one attached hydrogen (secondary N) is 1. The number of ether oxygens (including phenoxy) is 1. The van der Waals surface area contributed by atoms with Crippen LogP contribution < -0.4 is 5.32 Å². The van der Waals surface area contributed by atoms with Crippen molar-refractivity contribution in [2.75, 3.05) is 20.8 Å². The zero-order valence-corrected chi connectivity index (χ0v) is 11.1. The smallest absolute Gasteiger partial charge is 0.130 e. The van der Waals surface area contributed by atoms with Gasteiger partial charge in [0.05, 0.1) is 0 Å². The Hall–Kier alpha value is -0.930. The van der Waals surface area contributed by atoms with Crippen LogP contribution in [0, 0.1) is 18.7 Å². The van der Waals surface area contributed by atoms with Crippen molar-refractivity contribution in [1.82, 2.24) is 5.32 Å². The Morgan fingerprint density at radius 1 is 1.41 bits per heavy atom. The van der Waals surface area contributed by atoms with Gasteiger partial charge in [0.1, 0.15) is 5.82 Å². The first-order valence-corrected chi connectivity index (χ1v) is 6.03. The molecule has 1 aromatic carbocycles. The molecule has 0 aliphatic heterocycles. The minimum atomic E-state index is -0.101. The van der Waals surface area contributed by atoms with Crippen LogP contribution in [0.3, 0.4) is 0 Å². The molecule has 0 radical (unpaired) electrons. The van der Waals surface area contributed by atoms with Gasteiger partial charge >= 0.3 is 0 Å². The van der Waals surface area contributed by atoms with E-state index in [1.807, 2.05) is 19.2 Å². The fourth-order valence-corrected chi connectivity index (χ4v) is 2.13. The number of benzene rings is 1. The van der Waals surface area contributed by atoms with E-state index in [0.29, 0.717) is 18.1 Å². The molecule has 17 heavy (non-hydrogen) atoms. The molecule has 0 aromatic heterocycles. The number of aryl methyl sites for hydroxylation is 1. The summed E-state index contributed by atoms with van der Waals surface area (Å²) in [5.41, 5.74) is 1.44. The molecule has 2 nitrogen and oxygen atoms in total. The lowest BCUT2D eigenvalue weighted by Gasteiger charge is -2.24. The molecule has 1 aromatic rings. The molecule has 3 heteroatoms. The average Bonchev–Trinajstić information content (AvgIpc) is 2.32. The number of halogens is 1. The molecular formula is C14H22FNO. The van der Waals surface area contributed by atoms with Gasteiger partial charge in [-0.25, -0.2) is 4.39 Å². The molecule has 0 bridgehead atoms. The summed E-state index contributed by atoms with van der Waals surface area (Å²) in [4.78, 5) is 0. The van der Waals surface area contributed by atoms with Crippen LogP contribution in [0.15, 0.2) is 18.2 Å². The van der Waals surface area contributed by atoms with Gasteiger partial charge in [-0.05, 0) is 31.9 Å². The highest BCUT2D eigenvalue weighted by molar-refractivity contribution is 5.28. The molecule has 2 atom stereocenters. The van der Waals surface area contributed by atoms with E-state index in [2.05, 4.69) is 12.2 Å². The molecule has 0 aliphatic carbocycles. The second-order valence-corrected chi connectivity index (χ2v) is 4.50. The van der Waals surface area contributed by atoms with Gasteiger partial charge < -0.3 is 10.1 Å². The van der Waals surface area contributed by atoms with Crippen molar-refractivity contribution in [3.05, 3.63) is 35.1 Å². The van der Waals surface area contributed by atoms with Crippen molar-refractivity contribution in [1.29, 1.82) is 0 Å². The van der Waals surface area contributed by atoms with E-state index in [1.54, 1.807) is 20.1 Å². The molecule has 96 valence electrons. The van der Waals surface area contributed by atoms with E-state index in [9.17, 15) is 4.39 Å². The maximum atomic E-state index is 14.1. The van der Waals surface area contributed by atoms with Gasteiger partial charge in [-0.2, -0.15) is 0 Å². The highest BCUT2D eigenvalue weighted by atomic mass is 19.1. The topological polar surface area (TPSA) is 21.3 Å².